The molecule has 1 aliphatic rings. The van der Waals surface area contributed by atoms with Gasteiger partial charge in [-0.05, 0) is 43.0 Å². The van der Waals surface area contributed by atoms with Crippen LogP contribution < -0.4 is 0 Å². The zero-order chi connectivity index (χ0) is 18.8. The molecular formula is C22H31NO3. The number of aliphatic hydroxyl groups is 1. The third-order valence-corrected chi connectivity index (χ3v) is 5.16. The Bertz CT molecular complexity index is 605. The summed E-state index contributed by atoms with van der Waals surface area (Å²) in [5.74, 6) is 5.78. The first-order valence-corrected chi connectivity index (χ1v) is 9.78. The van der Waals surface area contributed by atoms with Gasteiger partial charge in [0, 0.05) is 0 Å². The molecule has 0 bridgehead atoms. The third-order valence-electron chi connectivity index (χ3n) is 5.16. The van der Waals surface area contributed by atoms with Gasteiger partial charge >= 0.3 is 5.97 Å². The molecule has 0 amide bonds. The highest BCUT2D eigenvalue weighted by Crippen LogP contribution is 2.33. The van der Waals surface area contributed by atoms with Crippen LogP contribution in [0.25, 0.3) is 0 Å². The van der Waals surface area contributed by atoms with Crippen molar-refractivity contribution in [2.45, 2.75) is 58.0 Å². The fraction of sp³-hybridized carbons (Fsp3) is 0.591. The van der Waals surface area contributed by atoms with Gasteiger partial charge in [-0.1, -0.05) is 69.2 Å². The molecule has 1 aromatic rings. The minimum absolute atomic E-state index is 0.0112. The third kappa shape index (κ3) is 6.16. The SMILES string of the molecule is CCN(CC)CC#CCOC(=O)[C@H](O)c1ccc(C2CCCCC2)cc1. The average Bonchev–Trinajstić information content (AvgIpc) is 2.70. The Morgan fingerprint density at radius 2 is 1.81 bits per heavy atom. The van der Waals surface area contributed by atoms with E-state index in [0.717, 1.165) is 13.1 Å². The van der Waals surface area contributed by atoms with Crippen LogP contribution in [0, 0.1) is 11.8 Å². The van der Waals surface area contributed by atoms with E-state index in [4.69, 9.17) is 4.74 Å². The number of benzene rings is 1. The van der Waals surface area contributed by atoms with Crippen LogP contribution >= 0.6 is 0 Å². The molecule has 0 aliphatic heterocycles. The number of aliphatic hydroxyl groups excluding tert-OH is 1. The van der Waals surface area contributed by atoms with Crippen molar-refractivity contribution in [3.05, 3.63) is 35.4 Å². The maximum absolute atomic E-state index is 12.0. The molecule has 1 aliphatic carbocycles. The molecule has 0 unspecified atom stereocenters. The molecule has 1 saturated carbocycles. The number of rotatable bonds is 7. The number of nitrogens with zero attached hydrogens (tertiary/aromatic N) is 1. The highest BCUT2D eigenvalue weighted by atomic mass is 16.5. The predicted octanol–water partition coefficient (Wildman–Crippen LogP) is 3.66. The molecule has 1 N–H and O–H groups in total. The quantitative estimate of drug-likeness (QED) is 0.598. The van der Waals surface area contributed by atoms with Crippen molar-refractivity contribution in [1.82, 2.24) is 4.90 Å². The summed E-state index contributed by atoms with van der Waals surface area (Å²) in [6.45, 7) is 6.73. The monoisotopic (exact) mass is 357 g/mol. The smallest absolute Gasteiger partial charge is 0.340 e. The minimum Gasteiger partial charge on any atom is -0.450 e. The van der Waals surface area contributed by atoms with Gasteiger partial charge in [-0.25, -0.2) is 4.79 Å². The number of hydrogen-bond donors (Lipinski definition) is 1. The Morgan fingerprint density at radius 1 is 1.15 bits per heavy atom. The number of esters is 1. The largest absolute Gasteiger partial charge is 0.450 e. The fourth-order valence-electron chi connectivity index (χ4n) is 3.37. The average molecular weight is 357 g/mol. The van der Waals surface area contributed by atoms with E-state index < -0.39 is 12.1 Å². The van der Waals surface area contributed by atoms with Crippen molar-refractivity contribution in [2.75, 3.05) is 26.2 Å². The van der Waals surface area contributed by atoms with E-state index in [-0.39, 0.29) is 6.61 Å². The molecule has 26 heavy (non-hydrogen) atoms. The van der Waals surface area contributed by atoms with Gasteiger partial charge in [-0.3, -0.25) is 4.90 Å². The summed E-state index contributed by atoms with van der Waals surface area (Å²) in [6.07, 6.45) is 5.12. The Kier molecular flexibility index (Phi) is 8.67. The van der Waals surface area contributed by atoms with E-state index in [1.807, 2.05) is 24.3 Å². The van der Waals surface area contributed by atoms with Crippen molar-refractivity contribution >= 4 is 5.97 Å². The second-order valence-electron chi connectivity index (χ2n) is 6.83. The highest BCUT2D eigenvalue weighted by Gasteiger charge is 2.20. The summed E-state index contributed by atoms with van der Waals surface area (Å²) in [7, 11) is 0. The molecule has 0 radical (unpaired) electrons. The lowest BCUT2D eigenvalue weighted by Crippen LogP contribution is -2.23. The molecule has 1 fully saturated rings. The first-order valence-electron chi connectivity index (χ1n) is 9.78. The van der Waals surface area contributed by atoms with Gasteiger partial charge in [0.1, 0.15) is 0 Å². The van der Waals surface area contributed by atoms with Crippen molar-refractivity contribution in [1.29, 1.82) is 0 Å². The number of ether oxygens (including phenoxy) is 1. The predicted molar refractivity (Wildman–Crippen MR) is 104 cm³/mol. The fourth-order valence-corrected chi connectivity index (χ4v) is 3.37. The van der Waals surface area contributed by atoms with Gasteiger partial charge in [0.15, 0.2) is 12.7 Å². The van der Waals surface area contributed by atoms with Gasteiger partial charge in [-0.15, -0.1) is 0 Å². The molecular weight excluding hydrogens is 326 g/mol. The molecule has 142 valence electrons. The van der Waals surface area contributed by atoms with Crippen LogP contribution in [0.2, 0.25) is 0 Å². The Balaban J connectivity index is 1.81. The number of hydrogen-bond acceptors (Lipinski definition) is 4. The molecule has 4 nitrogen and oxygen atoms in total. The first-order chi connectivity index (χ1) is 12.7. The van der Waals surface area contributed by atoms with Crippen LogP contribution in [0.3, 0.4) is 0 Å². The Hall–Kier alpha value is -1.83. The molecule has 1 aromatic carbocycles. The van der Waals surface area contributed by atoms with Crippen LogP contribution in [0.15, 0.2) is 24.3 Å². The lowest BCUT2D eigenvalue weighted by molar-refractivity contribution is -0.152. The van der Waals surface area contributed by atoms with Crippen LogP contribution in [0.1, 0.15) is 69.1 Å². The lowest BCUT2D eigenvalue weighted by atomic mass is 9.84. The van der Waals surface area contributed by atoms with Crippen molar-refractivity contribution in [2.24, 2.45) is 0 Å². The zero-order valence-corrected chi connectivity index (χ0v) is 16.0. The summed E-state index contributed by atoms with van der Waals surface area (Å²) < 4.78 is 5.07. The van der Waals surface area contributed by atoms with Crippen molar-refractivity contribution in [3.63, 3.8) is 0 Å². The van der Waals surface area contributed by atoms with Crippen LogP contribution in [0.5, 0.6) is 0 Å². The topological polar surface area (TPSA) is 49.8 Å². The van der Waals surface area contributed by atoms with Crippen LogP contribution in [-0.4, -0.2) is 42.2 Å². The second-order valence-corrected chi connectivity index (χ2v) is 6.83. The molecule has 0 heterocycles. The van der Waals surface area contributed by atoms with Gasteiger partial charge in [0.2, 0.25) is 0 Å². The van der Waals surface area contributed by atoms with E-state index in [2.05, 4.69) is 30.6 Å². The van der Waals surface area contributed by atoms with E-state index >= 15 is 0 Å². The van der Waals surface area contributed by atoms with Crippen LogP contribution in [0.4, 0.5) is 0 Å². The summed E-state index contributed by atoms with van der Waals surface area (Å²) in [4.78, 5) is 14.2. The zero-order valence-electron chi connectivity index (χ0n) is 16.0. The highest BCUT2D eigenvalue weighted by molar-refractivity contribution is 5.76. The van der Waals surface area contributed by atoms with Gasteiger partial charge in [-0.2, -0.15) is 0 Å². The van der Waals surface area contributed by atoms with E-state index in [0.29, 0.717) is 18.0 Å². The lowest BCUT2D eigenvalue weighted by Gasteiger charge is -2.22. The van der Waals surface area contributed by atoms with Crippen molar-refractivity contribution in [3.8, 4) is 11.8 Å². The standard InChI is InChI=1S/C22H31NO3/c1-3-23(4-2)16-8-9-17-26-22(25)21(24)20-14-12-19(13-15-20)18-10-6-5-7-11-18/h12-15,18,21,24H,3-7,10-11,16-17H2,1-2H3/t21-/m1/s1. The normalized spacial score (nSPS) is 16.0. The maximum Gasteiger partial charge on any atom is 0.340 e. The van der Waals surface area contributed by atoms with Gasteiger partial charge < -0.3 is 9.84 Å². The van der Waals surface area contributed by atoms with Gasteiger partial charge in [0.05, 0.1) is 6.54 Å². The summed E-state index contributed by atoms with van der Waals surface area (Å²) in [6, 6.07) is 7.74. The summed E-state index contributed by atoms with van der Waals surface area (Å²) in [5, 5.41) is 10.2. The van der Waals surface area contributed by atoms with Crippen molar-refractivity contribution < 1.29 is 14.6 Å². The van der Waals surface area contributed by atoms with E-state index in [1.165, 1.54) is 37.7 Å². The number of carbonyl (C=O) groups is 1. The molecule has 4 heteroatoms. The van der Waals surface area contributed by atoms with E-state index in [9.17, 15) is 9.90 Å². The Labute approximate surface area is 157 Å². The molecule has 1 atom stereocenters. The van der Waals surface area contributed by atoms with Gasteiger partial charge in [0.25, 0.3) is 0 Å². The second kappa shape index (κ2) is 11.0. The van der Waals surface area contributed by atoms with Crippen LogP contribution in [-0.2, 0) is 9.53 Å². The summed E-state index contributed by atoms with van der Waals surface area (Å²) in [5.41, 5.74) is 1.88. The summed E-state index contributed by atoms with van der Waals surface area (Å²) >= 11 is 0. The molecule has 0 aromatic heterocycles. The molecule has 2 rings (SSSR count). The number of carbonyl (C=O) groups excluding carboxylic acids is 1. The van der Waals surface area contributed by atoms with E-state index in [1.54, 1.807) is 0 Å². The maximum atomic E-state index is 12.0. The first kappa shape index (κ1) is 20.5. The molecule has 0 saturated heterocycles. The Morgan fingerprint density at radius 3 is 2.42 bits per heavy atom. The minimum atomic E-state index is -1.25. The molecule has 0 spiro atoms.